The molecule has 0 spiro atoms. The molecule has 0 aliphatic heterocycles. The van der Waals surface area contributed by atoms with E-state index in [0.29, 0.717) is 5.69 Å². The predicted octanol–water partition coefficient (Wildman–Crippen LogP) is 8.49. The highest BCUT2D eigenvalue weighted by molar-refractivity contribution is 7.20. The topological polar surface area (TPSA) is 33.8 Å². The molecule has 1 aromatic heterocycles. The van der Waals surface area contributed by atoms with Gasteiger partial charge in [-0.1, -0.05) is 51.1 Å². The number of hydrogen-bond acceptors (Lipinski definition) is 2. The lowest BCUT2D eigenvalue weighted by atomic mass is 9.12. The summed E-state index contributed by atoms with van der Waals surface area (Å²) in [4.78, 5) is 16.4. The quantitative estimate of drug-likeness (QED) is 0.0403. The fraction of sp³-hybridized carbons (Fsp3) is 0.125. The van der Waals surface area contributed by atoms with E-state index in [0.717, 1.165) is 6.54 Å². The molecule has 0 N–H and O–H groups in total. The lowest BCUT2D eigenvalue weighted by molar-refractivity contribution is -0.689. The van der Waals surface area contributed by atoms with Crippen molar-refractivity contribution >= 4 is 33.8 Å². The fourth-order valence-corrected chi connectivity index (χ4v) is 6.70. The molecule has 0 bridgehead atoms. The van der Waals surface area contributed by atoms with Gasteiger partial charge >= 0.3 is 0 Å². The van der Waals surface area contributed by atoms with Gasteiger partial charge < -0.3 is 0 Å². The molecule has 5 aromatic carbocycles. The molecule has 0 fully saturated rings. The van der Waals surface area contributed by atoms with Crippen LogP contribution in [0.1, 0.15) is 36.8 Å². The average Bonchev–Trinajstić information content (AvgIpc) is 3.26. The Kier molecular flexibility index (Phi) is 13.3. The van der Waals surface area contributed by atoms with E-state index in [4.69, 9.17) is 0 Å². The first-order valence-electron chi connectivity index (χ1n) is 17.3. The molecule has 0 amide bonds. The molecule has 0 saturated carbocycles. The summed E-state index contributed by atoms with van der Waals surface area (Å²) in [6, 6.07) is 10.2. The number of hydrogen-bond donors (Lipinski definition) is 0. The van der Waals surface area contributed by atoms with Gasteiger partial charge in [0.25, 0.3) is 0 Å². The number of benzene rings is 5. The maximum Gasteiger partial charge on any atom is 0.200 e. The number of ketones is 1. The smallest absolute Gasteiger partial charge is 0.200 e. The van der Waals surface area contributed by atoms with Crippen molar-refractivity contribution < 1.29 is 97.2 Å². The molecule has 64 heavy (non-hydrogen) atoms. The van der Waals surface area contributed by atoms with E-state index in [1.54, 1.807) is 6.20 Å². The summed E-state index contributed by atoms with van der Waals surface area (Å²) in [5.41, 5.74) is -13.0. The second kappa shape index (κ2) is 17.6. The molecule has 0 atom stereocenters. The number of carbonyl (C=O) groups excluding carboxylic acids is 1. The van der Waals surface area contributed by atoms with Crippen LogP contribution in [0.2, 0.25) is 0 Å². The third-order valence-corrected chi connectivity index (χ3v) is 9.59. The zero-order chi connectivity index (χ0) is 48.2. The first-order valence-corrected chi connectivity index (χ1v) is 17.3. The second-order valence-electron chi connectivity index (χ2n) is 14.5. The Morgan fingerprint density at radius 3 is 0.984 bits per heavy atom. The Morgan fingerprint density at radius 1 is 0.453 bits per heavy atom. The van der Waals surface area contributed by atoms with Crippen molar-refractivity contribution in [2.45, 2.75) is 27.3 Å². The van der Waals surface area contributed by atoms with Crippen LogP contribution in [-0.2, 0) is 6.54 Å². The van der Waals surface area contributed by atoms with Gasteiger partial charge in [-0.15, -0.1) is 21.9 Å². The third-order valence-electron chi connectivity index (χ3n) is 9.59. The van der Waals surface area contributed by atoms with Gasteiger partial charge in [-0.05, 0) is 0 Å². The summed E-state index contributed by atoms with van der Waals surface area (Å²) in [5, 5.41) is 0. The Balaban J connectivity index is 0.000000337. The number of Topliss-reactive ketones (excluding diaryl/α,β-unsaturated/α-hetero) is 1. The molecule has 0 radical (unpaired) electrons. The minimum Gasteiger partial charge on any atom is -0.292 e. The van der Waals surface area contributed by atoms with E-state index in [1.807, 2.05) is 55.9 Å². The van der Waals surface area contributed by atoms with Gasteiger partial charge in [0.05, 0.1) is 6.20 Å². The third kappa shape index (κ3) is 7.79. The van der Waals surface area contributed by atoms with Gasteiger partial charge in [0.2, 0.25) is 0 Å². The van der Waals surface area contributed by atoms with Crippen LogP contribution in [0.3, 0.4) is 0 Å². The van der Waals surface area contributed by atoms with Gasteiger partial charge in [-0.2, -0.15) is 4.57 Å². The van der Waals surface area contributed by atoms with Gasteiger partial charge in [-0.3, -0.25) is 4.79 Å². The number of aromatic nitrogens is 2. The zero-order valence-corrected chi connectivity index (χ0v) is 31.8. The van der Waals surface area contributed by atoms with Crippen molar-refractivity contribution in [1.82, 2.24) is 4.98 Å². The normalized spacial score (nSPS) is 11.8. The standard InChI is InChI=1S/C24BF20.C16H19N2O/c26-5-1(6(27)14(35)21(42)13(5)34)25(2-7(28)15(36)22(43)16(37)8(2)29,3-9(30)17(38)23(44)18(39)10(3)31)4-11(32)19(40)24(45)20(41)12(4)33;1-16(2,3)15(19)14-12-18(10-9-17-14)11-13-7-5-4-6-8-13/h;4-10,12H,11H2,1-3H3/q-1;+1. The molecule has 1 heterocycles. The summed E-state index contributed by atoms with van der Waals surface area (Å²) < 4.78 is 296. The predicted molar refractivity (Wildman–Crippen MR) is 183 cm³/mol. The monoisotopic (exact) mass is 934 g/mol. The lowest BCUT2D eigenvalue weighted by Crippen LogP contribution is -2.81. The number of carbonyl (C=O) groups is 1. The van der Waals surface area contributed by atoms with Crippen LogP contribution in [0.5, 0.6) is 0 Å². The first kappa shape index (κ1) is 48.5. The van der Waals surface area contributed by atoms with Crippen LogP contribution < -0.4 is 26.4 Å². The molecule has 24 heteroatoms. The van der Waals surface area contributed by atoms with Crippen molar-refractivity contribution in [2.75, 3.05) is 0 Å². The van der Waals surface area contributed by atoms with E-state index in [1.165, 1.54) is 5.56 Å². The van der Waals surface area contributed by atoms with E-state index < -0.39 is 150 Å². The molecule has 0 saturated heterocycles. The van der Waals surface area contributed by atoms with Crippen molar-refractivity contribution in [2.24, 2.45) is 5.41 Å². The summed E-state index contributed by atoms with van der Waals surface area (Å²) in [5.74, 6) is -71.3. The average molecular weight is 934 g/mol. The molecule has 0 aliphatic rings. The molecular formula is C40H19BF20N2O. The minimum absolute atomic E-state index is 0.0647. The molecule has 6 aromatic rings. The summed E-state index contributed by atoms with van der Waals surface area (Å²) in [6.07, 6.45) is -1.83. The number of rotatable bonds is 7. The van der Waals surface area contributed by atoms with Crippen LogP contribution in [0.25, 0.3) is 0 Å². The molecule has 338 valence electrons. The summed E-state index contributed by atoms with van der Waals surface area (Å²) in [6.45, 7) is 6.47. The van der Waals surface area contributed by atoms with Gasteiger partial charge in [0, 0.05) is 11.0 Å². The van der Waals surface area contributed by atoms with Gasteiger partial charge in [0.1, 0.15) is 52.7 Å². The Hall–Kier alpha value is -6.49. The highest BCUT2D eigenvalue weighted by Crippen LogP contribution is 2.31. The highest BCUT2D eigenvalue weighted by atomic mass is 19.2. The number of nitrogens with zero attached hydrogens (tertiary/aromatic N) is 2. The SMILES string of the molecule is CC(C)(C)C(=O)c1c[n+](Cc2ccccc2)ccn1.Fc1c(F)c(F)c([B-](c2c(F)c(F)c(F)c(F)c2F)(c2c(F)c(F)c(F)c(F)c2F)c2c(F)c(F)c(F)c(F)c2F)c(F)c1F. The van der Waals surface area contributed by atoms with Crippen LogP contribution >= 0.6 is 0 Å². The van der Waals surface area contributed by atoms with Crippen LogP contribution in [-0.4, -0.2) is 16.9 Å². The Labute approximate surface area is 345 Å². The molecule has 6 rings (SSSR count). The lowest BCUT2D eigenvalue weighted by Gasteiger charge is -2.44. The van der Waals surface area contributed by atoms with Crippen LogP contribution in [0.4, 0.5) is 87.8 Å². The summed E-state index contributed by atoms with van der Waals surface area (Å²) >= 11 is 0. The van der Waals surface area contributed by atoms with E-state index >= 15 is 35.1 Å². The van der Waals surface area contributed by atoms with Gasteiger partial charge in [-0.25, -0.2) is 92.8 Å². The van der Waals surface area contributed by atoms with Crippen molar-refractivity contribution in [3.8, 4) is 0 Å². The largest absolute Gasteiger partial charge is 0.292 e. The highest BCUT2D eigenvalue weighted by Gasteiger charge is 2.52. The van der Waals surface area contributed by atoms with Crippen molar-refractivity contribution in [3.05, 3.63) is 177 Å². The maximum absolute atomic E-state index is 15.4. The molecule has 0 aliphatic carbocycles. The molecular weight excluding hydrogens is 915 g/mol. The van der Waals surface area contributed by atoms with Gasteiger partial charge in [0.15, 0.2) is 100 Å². The van der Waals surface area contributed by atoms with Crippen LogP contribution in [0, 0.1) is 122 Å². The minimum atomic E-state index is -7.22. The van der Waals surface area contributed by atoms with E-state index in [9.17, 15) is 57.5 Å². The van der Waals surface area contributed by atoms with Crippen molar-refractivity contribution in [3.63, 3.8) is 0 Å². The number of halogens is 20. The fourth-order valence-electron chi connectivity index (χ4n) is 6.70. The second-order valence-corrected chi connectivity index (χ2v) is 14.5. The Bertz CT molecular complexity index is 2490. The molecule has 0 unspecified atom stereocenters. The Morgan fingerprint density at radius 2 is 0.719 bits per heavy atom. The van der Waals surface area contributed by atoms with E-state index in [-0.39, 0.29) is 5.78 Å². The summed E-state index contributed by atoms with van der Waals surface area (Å²) in [7, 11) is 0. The van der Waals surface area contributed by atoms with Crippen LogP contribution in [0.15, 0.2) is 48.9 Å². The van der Waals surface area contributed by atoms with E-state index in [2.05, 4.69) is 17.1 Å². The first-order chi connectivity index (χ1) is 29.7. The zero-order valence-electron chi connectivity index (χ0n) is 31.8. The molecule has 3 nitrogen and oxygen atoms in total. The maximum atomic E-state index is 15.4. The van der Waals surface area contributed by atoms with Crippen molar-refractivity contribution in [1.29, 1.82) is 0 Å².